The van der Waals surface area contributed by atoms with Gasteiger partial charge >= 0.3 is 0 Å². The van der Waals surface area contributed by atoms with Gasteiger partial charge in [-0.05, 0) is 0 Å². The second kappa shape index (κ2) is 4.23. The summed E-state index contributed by atoms with van der Waals surface area (Å²) in [7, 11) is 0. The molecule has 1 aliphatic rings. The van der Waals surface area contributed by atoms with Gasteiger partial charge in [0.05, 0.1) is 19.1 Å². The number of hydrogen-bond donors (Lipinski definition) is 2. The Hall–Kier alpha value is -0.680. The molecule has 0 aromatic rings. The van der Waals surface area contributed by atoms with Gasteiger partial charge in [-0.15, -0.1) is 0 Å². The molecule has 1 amide bonds. The van der Waals surface area contributed by atoms with Gasteiger partial charge < -0.3 is 5.32 Å². The zero-order valence-corrected chi connectivity index (χ0v) is 8.20. The molecule has 0 saturated carbocycles. The third-order valence-corrected chi connectivity index (χ3v) is 2.01. The van der Waals surface area contributed by atoms with E-state index in [1.807, 2.05) is 0 Å². The fraction of sp³-hybridized carbons (Fsp3) is 0.625. The summed E-state index contributed by atoms with van der Waals surface area (Å²) in [4.78, 5) is 11.2. The fourth-order valence-electron chi connectivity index (χ4n) is 1.21. The predicted molar refractivity (Wildman–Crippen MR) is 49.4 cm³/mol. The van der Waals surface area contributed by atoms with Crippen LogP contribution in [0.25, 0.3) is 0 Å². The van der Waals surface area contributed by atoms with Crippen molar-refractivity contribution in [1.82, 2.24) is 10.6 Å². The maximum atomic E-state index is 12.7. The third kappa shape index (κ3) is 3.23. The number of halogens is 3. The van der Waals surface area contributed by atoms with E-state index in [9.17, 15) is 13.6 Å². The van der Waals surface area contributed by atoms with Crippen molar-refractivity contribution in [3.63, 3.8) is 0 Å². The van der Waals surface area contributed by atoms with E-state index in [1.54, 1.807) is 0 Å². The first-order valence-electron chi connectivity index (χ1n) is 4.13. The smallest absolute Gasteiger partial charge is 0.262 e. The molecule has 1 fully saturated rings. The minimum atomic E-state index is -2.79. The molecule has 14 heavy (non-hydrogen) atoms. The van der Waals surface area contributed by atoms with Crippen molar-refractivity contribution in [2.75, 3.05) is 13.1 Å². The largest absolute Gasteiger partial charge is 0.350 e. The van der Waals surface area contributed by atoms with Crippen molar-refractivity contribution in [3.05, 3.63) is 11.6 Å². The van der Waals surface area contributed by atoms with Gasteiger partial charge in [-0.3, -0.25) is 10.1 Å². The van der Waals surface area contributed by atoms with Crippen LogP contribution in [0, 0.1) is 0 Å². The van der Waals surface area contributed by atoms with E-state index < -0.39 is 30.8 Å². The maximum absolute atomic E-state index is 12.7. The summed E-state index contributed by atoms with van der Waals surface area (Å²) in [6.07, 6.45) is -0.465. The molecule has 0 spiro atoms. The monoisotopic (exact) mass is 224 g/mol. The van der Waals surface area contributed by atoms with Crippen LogP contribution in [-0.2, 0) is 4.79 Å². The van der Waals surface area contributed by atoms with Gasteiger partial charge in [0.2, 0.25) is 5.91 Å². The van der Waals surface area contributed by atoms with E-state index >= 15 is 0 Å². The molecule has 1 aliphatic heterocycles. The Balaban J connectivity index is 2.36. The molecule has 1 atom stereocenters. The Morgan fingerprint density at radius 2 is 2.36 bits per heavy atom. The lowest BCUT2D eigenvalue weighted by Gasteiger charge is -2.10. The maximum Gasteiger partial charge on any atom is 0.262 e. The highest BCUT2D eigenvalue weighted by Crippen LogP contribution is 2.24. The highest BCUT2D eigenvalue weighted by atomic mass is 35.5. The lowest BCUT2D eigenvalue weighted by atomic mass is 10.2. The summed E-state index contributed by atoms with van der Waals surface area (Å²) in [6.45, 7) is 3.01. The van der Waals surface area contributed by atoms with Crippen molar-refractivity contribution in [2.24, 2.45) is 0 Å². The summed E-state index contributed by atoms with van der Waals surface area (Å²) in [5.74, 6) is -3.26. The Morgan fingerprint density at radius 3 is 2.79 bits per heavy atom. The van der Waals surface area contributed by atoms with E-state index in [2.05, 4.69) is 17.2 Å². The molecule has 1 heterocycles. The van der Waals surface area contributed by atoms with Gasteiger partial charge in [0, 0.05) is 11.5 Å². The molecule has 1 rings (SSSR count). The molecule has 1 saturated heterocycles. The van der Waals surface area contributed by atoms with Crippen LogP contribution in [0.5, 0.6) is 0 Å². The van der Waals surface area contributed by atoms with Crippen LogP contribution in [0.15, 0.2) is 11.6 Å². The molecule has 0 aromatic carbocycles. The zero-order chi connectivity index (χ0) is 10.8. The van der Waals surface area contributed by atoms with Gasteiger partial charge in [-0.1, -0.05) is 18.2 Å². The highest BCUT2D eigenvalue weighted by molar-refractivity contribution is 6.29. The summed E-state index contributed by atoms with van der Waals surface area (Å²) in [5, 5.41) is 5.10. The summed E-state index contributed by atoms with van der Waals surface area (Å²) in [6, 6.07) is -0.832. The average Bonchev–Trinajstić information content (AvgIpc) is 2.41. The number of nitrogens with one attached hydrogen (secondary N) is 2. The summed E-state index contributed by atoms with van der Waals surface area (Å²) >= 11 is 5.41. The first kappa shape index (κ1) is 11.4. The Kier molecular flexibility index (Phi) is 3.44. The highest BCUT2D eigenvalue weighted by Gasteiger charge is 2.42. The first-order chi connectivity index (χ1) is 6.41. The van der Waals surface area contributed by atoms with Crippen LogP contribution in [0.1, 0.15) is 6.42 Å². The number of alkyl halides is 2. The SMILES string of the molecule is C=C(Cl)CNC(=O)C1CC(F)(F)CN1. The van der Waals surface area contributed by atoms with Gasteiger partial charge in [0.1, 0.15) is 0 Å². The zero-order valence-electron chi connectivity index (χ0n) is 7.45. The Morgan fingerprint density at radius 1 is 1.71 bits per heavy atom. The van der Waals surface area contributed by atoms with Crippen molar-refractivity contribution in [1.29, 1.82) is 0 Å². The Labute approximate surface area is 85.5 Å². The van der Waals surface area contributed by atoms with Gasteiger partial charge in [0.15, 0.2) is 0 Å². The molecule has 0 bridgehead atoms. The van der Waals surface area contributed by atoms with E-state index in [-0.39, 0.29) is 11.6 Å². The van der Waals surface area contributed by atoms with Crippen LogP contribution in [-0.4, -0.2) is 31.0 Å². The number of rotatable bonds is 3. The van der Waals surface area contributed by atoms with Crippen LogP contribution < -0.4 is 10.6 Å². The average molecular weight is 225 g/mol. The normalized spacial score (nSPS) is 24.6. The standard InChI is InChI=1S/C8H11ClF2N2O/c1-5(9)3-12-7(14)6-2-8(10,11)4-13-6/h6,13H,1-4H2,(H,12,14). The number of carbonyl (C=O) groups is 1. The molecular formula is C8H11ClF2N2O. The van der Waals surface area contributed by atoms with Gasteiger partial charge in [-0.2, -0.15) is 0 Å². The quantitative estimate of drug-likeness (QED) is 0.747. The van der Waals surface area contributed by atoms with Crippen LogP contribution in [0.3, 0.4) is 0 Å². The lowest BCUT2D eigenvalue weighted by Crippen LogP contribution is -2.40. The number of hydrogen-bond acceptors (Lipinski definition) is 2. The first-order valence-corrected chi connectivity index (χ1v) is 4.51. The van der Waals surface area contributed by atoms with Gasteiger partial charge in [0.25, 0.3) is 5.92 Å². The molecule has 2 N–H and O–H groups in total. The van der Waals surface area contributed by atoms with Crippen LogP contribution in [0.4, 0.5) is 8.78 Å². The molecule has 80 valence electrons. The molecule has 3 nitrogen and oxygen atoms in total. The van der Waals surface area contributed by atoms with E-state index in [1.165, 1.54) is 0 Å². The topological polar surface area (TPSA) is 41.1 Å². The molecule has 1 unspecified atom stereocenters. The minimum absolute atomic E-state index is 0.101. The van der Waals surface area contributed by atoms with E-state index in [4.69, 9.17) is 11.6 Å². The lowest BCUT2D eigenvalue weighted by molar-refractivity contribution is -0.123. The molecule has 6 heteroatoms. The molecule has 0 radical (unpaired) electrons. The Bertz CT molecular complexity index is 258. The van der Waals surface area contributed by atoms with E-state index in [0.717, 1.165) is 0 Å². The van der Waals surface area contributed by atoms with Crippen molar-refractivity contribution in [3.8, 4) is 0 Å². The number of carbonyl (C=O) groups excluding carboxylic acids is 1. The van der Waals surface area contributed by atoms with Crippen molar-refractivity contribution < 1.29 is 13.6 Å². The van der Waals surface area contributed by atoms with E-state index in [0.29, 0.717) is 0 Å². The molecule has 0 aromatic heterocycles. The minimum Gasteiger partial charge on any atom is -0.350 e. The van der Waals surface area contributed by atoms with Crippen molar-refractivity contribution >= 4 is 17.5 Å². The van der Waals surface area contributed by atoms with Crippen molar-refractivity contribution in [2.45, 2.75) is 18.4 Å². The fourth-order valence-corrected chi connectivity index (χ4v) is 1.27. The number of amides is 1. The third-order valence-electron chi connectivity index (χ3n) is 1.88. The molecular weight excluding hydrogens is 214 g/mol. The van der Waals surface area contributed by atoms with Crippen LogP contribution >= 0.6 is 11.6 Å². The molecule has 0 aliphatic carbocycles. The predicted octanol–water partition coefficient (Wildman–Crippen LogP) is 0.852. The second-order valence-electron chi connectivity index (χ2n) is 3.23. The van der Waals surface area contributed by atoms with Crippen LogP contribution in [0.2, 0.25) is 0 Å². The summed E-state index contributed by atoms with van der Waals surface area (Å²) < 4.78 is 25.3. The second-order valence-corrected chi connectivity index (χ2v) is 3.76. The van der Waals surface area contributed by atoms with Gasteiger partial charge in [-0.25, -0.2) is 8.78 Å². The summed E-state index contributed by atoms with van der Waals surface area (Å²) in [5.41, 5.74) is 0.